The van der Waals surface area contributed by atoms with Crippen LogP contribution in [0.25, 0.3) is 0 Å². The topological polar surface area (TPSA) is 131 Å². The highest BCUT2D eigenvalue weighted by Crippen LogP contribution is 2.18. The number of nitrogens with zero attached hydrogens (tertiary/aromatic N) is 6. The zero-order valence-electron chi connectivity index (χ0n) is 18.5. The van der Waals surface area contributed by atoms with Crippen molar-refractivity contribution >= 4 is 23.4 Å². The van der Waals surface area contributed by atoms with E-state index in [9.17, 15) is 14.4 Å². The van der Waals surface area contributed by atoms with Gasteiger partial charge in [0, 0.05) is 6.54 Å². The molecule has 34 heavy (non-hydrogen) atoms. The highest BCUT2D eigenvalue weighted by atomic mass is 32.2. The highest BCUT2D eigenvalue weighted by Gasteiger charge is 2.23. The van der Waals surface area contributed by atoms with E-state index in [1.165, 1.54) is 4.57 Å². The van der Waals surface area contributed by atoms with Crippen LogP contribution in [-0.2, 0) is 19.6 Å². The average Bonchev–Trinajstić information content (AvgIpc) is 3.29. The van der Waals surface area contributed by atoms with E-state index in [-0.39, 0.29) is 30.2 Å². The molecule has 0 fully saturated rings. The molecular formula is C23H23N7O3S. The predicted octanol–water partition coefficient (Wildman–Crippen LogP) is 1.67. The van der Waals surface area contributed by atoms with Crippen LogP contribution < -0.4 is 17.0 Å². The molecule has 2 aromatic heterocycles. The van der Waals surface area contributed by atoms with Crippen molar-refractivity contribution < 1.29 is 4.79 Å². The largest absolute Gasteiger partial charge is 0.384 e. The number of anilines is 1. The van der Waals surface area contributed by atoms with Crippen LogP contribution in [0.4, 0.5) is 5.82 Å². The molecule has 0 atom stereocenters. The quantitative estimate of drug-likeness (QED) is 0.285. The standard InChI is InChI=1S/C23H23N7O3S/c1-2-28-21(32)19(20(24)29(23(28)33)13-16-9-5-3-6-10-16)18(31)15-34-22-25-26-27-30(22)14-17-11-7-4-8-12-17/h3-12H,2,13-15,24H2,1H3. The number of tetrazole rings is 1. The molecule has 0 amide bonds. The van der Waals surface area contributed by atoms with Gasteiger partial charge >= 0.3 is 5.69 Å². The predicted molar refractivity (Wildman–Crippen MR) is 129 cm³/mol. The lowest BCUT2D eigenvalue weighted by atomic mass is 10.2. The summed E-state index contributed by atoms with van der Waals surface area (Å²) < 4.78 is 3.87. The van der Waals surface area contributed by atoms with Crippen LogP contribution in [0, 0.1) is 0 Å². The number of Topliss-reactive ketones (excluding diaryl/α,β-unsaturated/α-hetero) is 1. The first-order valence-corrected chi connectivity index (χ1v) is 11.6. The number of nitrogens with two attached hydrogens (primary N) is 1. The molecule has 2 N–H and O–H groups in total. The van der Waals surface area contributed by atoms with Gasteiger partial charge in [0.1, 0.15) is 11.4 Å². The van der Waals surface area contributed by atoms with Gasteiger partial charge in [0.2, 0.25) is 5.16 Å². The number of hydrogen-bond donors (Lipinski definition) is 1. The van der Waals surface area contributed by atoms with Gasteiger partial charge in [0.15, 0.2) is 5.78 Å². The second-order valence-electron chi connectivity index (χ2n) is 7.48. The van der Waals surface area contributed by atoms with Crippen molar-refractivity contribution in [2.24, 2.45) is 0 Å². The van der Waals surface area contributed by atoms with Crippen molar-refractivity contribution in [3.63, 3.8) is 0 Å². The van der Waals surface area contributed by atoms with E-state index in [0.717, 1.165) is 27.5 Å². The number of carbonyl (C=O) groups excluding carboxylic acids is 1. The maximum absolute atomic E-state index is 13.1. The molecule has 4 rings (SSSR count). The van der Waals surface area contributed by atoms with Crippen LogP contribution in [0.15, 0.2) is 75.4 Å². The molecule has 174 valence electrons. The fourth-order valence-corrected chi connectivity index (χ4v) is 4.28. The van der Waals surface area contributed by atoms with Crippen LogP contribution in [0.1, 0.15) is 28.4 Å². The monoisotopic (exact) mass is 477 g/mol. The van der Waals surface area contributed by atoms with Gasteiger partial charge in [-0.2, -0.15) is 0 Å². The number of ketones is 1. The number of nitrogen functional groups attached to an aromatic ring is 1. The van der Waals surface area contributed by atoms with E-state index in [0.29, 0.717) is 11.7 Å². The van der Waals surface area contributed by atoms with Gasteiger partial charge in [-0.05, 0) is 28.5 Å². The number of thioether (sulfide) groups is 1. The van der Waals surface area contributed by atoms with Crippen molar-refractivity contribution in [3.8, 4) is 0 Å². The molecule has 2 heterocycles. The first-order valence-electron chi connectivity index (χ1n) is 10.6. The summed E-state index contributed by atoms with van der Waals surface area (Å²) in [5.74, 6) is -0.745. The van der Waals surface area contributed by atoms with Gasteiger partial charge in [0.05, 0.1) is 18.8 Å². The molecule has 0 bridgehead atoms. The maximum Gasteiger partial charge on any atom is 0.332 e. The summed E-state index contributed by atoms with van der Waals surface area (Å²) >= 11 is 1.11. The smallest absolute Gasteiger partial charge is 0.332 e. The van der Waals surface area contributed by atoms with Crippen molar-refractivity contribution in [1.82, 2.24) is 29.3 Å². The van der Waals surface area contributed by atoms with E-state index in [1.54, 1.807) is 11.6 Å². The molecule has 4 aromatic rings. The number of aromatic nitrogens is 6. The lowest BCUT2D eigenvalue weighted by Crippen LogP contribution is -2.44. The molecule has 0 unspecified atom stereocenters. The molecular weight excluding hydrogens is 454 g/mol. The van der Waals surface area contributed by atoms with Crippen LogP contribution in [-0.4, -0.2) is 40.9 Å². The summed E-state index contributed by atoms with van der Waals surface area (Å²) in [6, 6.07) is 18.9. The first-order chi connectivity index (χ1) is 16.5. The van der Waals surface area contributed by atoms with Gasteiger partial charge < -0.3 is 5.73 Å². The second kappa shape index (κ2) is 10.3. The molecule has 0 aliphatic heterocycles. The summed E-state index contributed by atoms with van der Waals surface area (Å²) in [6.45, 7) is 2.38. The van der Waals surface area contributed by atoms with Gasteiger partial charge in [-0.3, -0.25) is 18.7 Å². The normalized spacial score (nSPS) is 11.0. The Labute approximate surface area is 199 Å². The molecule has 0 radical (unpaired) electrons. The van der Waals surface area contributed by atoms with Crippen LogP contribution in [0.3, 0.4) is 0 Å². The lowest BCUT2D eigenvalue weighted by molar-refractivity contribution is 0.102. The van der Waals surface area contributed by atoms with Gasteiger partial charge in [0.25, 0.3) is 5.56 Å². The van der Waals surface area contributed by atoms with Crippen molar-refractivity contribution in [2.45, 2.75) is 31.7 Å². The second-order valence-corrected chi connectivity index (χ2v) is 8.42. The lowest BCUT2D eigenvalue weighted by Gasteiger charge is -2.15. The Kier molecular flexibility index (Phi) is 7.02. The number of hydrogen-bond acceptors (Lipinski definition) is 8. The van der Waals surface area contributed by atoms with E-state index in [2.05, 4.69) is 15.5 Å². The molecule has 11 heteroatoms. The third-order valence-electron chi connectivity index (χ3n) is 5.25. The molecule has 0 spiro atoms. The molecule has 10 nitrogen and oxygen atoms in total. The minimum absolute atomic E-state index is 0.109. The van der Waals surface area contributed by atoms with Gasteiger partial charge in [-0.1, -0.05) is 72.4 Å². The van der Waals surface area contributed by atoms with Crippen molar-refractivity contribution in [3.05, 3.63) is 98.2 Å². The summed E-state index contributed by atoms with van der Waals surface area (Å²) in [5.41, 5.74) is 6.60. The van der Waals surface area contributed by atoms with Crippen molar-refractivity contribution in [1.29, 1.82) is 0 Å². The Morgan fingerprint density at radius 2 is 1.56 bits per heavy atom. The SMILES string of the molecule is CCn1c(=O)c(C(=O)CSc2nnnn2Cc2ccccc2)c(N)n(Cc2ccccc2)c1=O. The first kappa shape index (κ1) is 23.2. The minimum atomic E-state index is -0.691. The van der Waals surface area contributed by atoms with E-state index in [1.807, 2.05) is 60.7 Å². The Morgan fingerprint density at radius 1 is 0.941 bits per heavy atom. The molecule has 0 aliphatic rings. The Balaban J connectivity index is 1.60. The Bertz CT molecular complexity index is 1410. The fraction of sp³-hybridized carbons (Fsp3) is 0.217. The maximum atomic E-state index is 13.1. The Hall–Kier alpha value is -3.99. The van der Waals surface area contributed by atoms with Gasteiger partial charge in [-0.15, -0.1) is 5.10 Å². The molecule has 0 saturated heterocycles. The summed E-state index contributed by atoms with van der Waals surface area (Å²) in [5, 5.41) is 12.1. The zero-order valence-corrected chi connectivity index (χ0v) is 19.3. The Morgan fingerprint density at radius 3 is 2.18 bits per heavy atom. The van der Waals surface area contributed by atoms with Crippen LogP contribution >= 0.6 is 11.8 Å². The number of rotatable bonds is 9. The van der Waals surface area contributed by atoms with Crippen molar-refractivity contribution in [2.75, 3.05) is 11.5 Å². The summed E-state index contributed by atoms with van der Waals surface area (Å²) in [4.78, 5) is 39.0. The molecule has 0 aliphatic carbocycles. The van der Waals surface area contributed by atoms with E-state index >= 15 is 0 Å². The van der Waals surface area contributed by atoms with E-state index in [4.69, 9.17) is 5.73 Å². The zero-order chi connectivity index (χ0) is 24.1. The third kappa shape index (κ3) is 4.84. The van der Waals surface area contributed by atoms with Crippen LogP contribution in [0.2, 0.25) is 0 Å². The fourth-order valence-electron chi connectivity index (χ4n) is 3.53. The minimum Gasteiger partial charge on any atom is -0.384 e. The molecule has 0 saturated carbocycles. The third-order valence-corrected chi connectivity index (χ3v) is 6.21. The van der Waals surface area contributed by atoms with Crippen LogP contribution in [0.5, 0.6) is 0 Å². The average molecular weight is 478 g/mol. The summed E-state index contributed by atoms with van der Waals surface area (Å²) in [7, 11) is 0. The number of carbonyl (C=O) groups is 1. The summed E-state index contributed by atoms with van der Waals surface area (Å²) in [6.07, 6.45) is 0. The van der Waals surface area contributed by atoms with Gasteiger partial charge in [-0.25, -0.2) is 9.48 Å². The number of benzene rings is 2. The van der Waals surface area contributed by atoms with E-state index < -0.39 is 17.0 Å². The highest BCUT2D eigenvalue weighted by molar-refractivity contribution is 7.99. The molecule has 2 aromatic carbocycles.